The molecule has 1 fully saturated rings. The molecule has 1 aliphatic carbocycles. The topological polar surface area (TPSA) is 61.5 Å². The Kier molecular flexibility index (Phi) is 3.97. The van der Waals surface area contributed by atoms with Crippen LogP contribution >= 0.6 is 0 Å². The van der Waals surface area contributed by atoms with Crippen LogP contribution in [0, 0.1) is 0 Å². The van der Waals surface area contributed by atoms with Crippen molar-refractivity contribution in [1.29, 1.82) is 0 Å². The summed E-state index contributed by atoms with van der Waals surface area (Å²) in [6.45, 7) is 6.20. The second-order valence-corrected chi connectivity index (χ2v) is 5.24. The monoisotopic (exact) mass is 229 g/mol. The Balaban J connectivity index is 2.56. The van der Waals surface area contributed by atoms with Gasteiger partial charge in [-0.1, -0.05) is 6.92 Å². The molecule has 0 aromatic heterocycles. The van der Waals surface area contributed by atoms with Crippen molar-refractivity contribution in [2.24, 2.45) is 5.73 Å². The molecule has 0 heterocycles. The molecular weight excluding hydrogens is 206 g/mol. The molecule has 94 valence electrons. The van der Waals surface area contributed by atoms with Crippen LogP contribution in [0.1, 0.15) is 46.5 Å². The number of carbonyl (C=O) groups excluding carboxylic acids is 1. The standard InChI is InChI=1S/C12H23NO3/c1-5-11(2,3)16-9-6-7-12(13,8-9)10(14)15-4/h9H,5-8,13H2,1-4H3. The number of nitrogens with two attached hydrogens (primary N) is 1. The molecule has 0 aromatic carbocycles. The van der Waals surface area contributed by atoms with Gasteiger partial charge in [-0.15, -0.1) is 0 Å². The normalized spacial score (nSPS) is 30.4. The van der Waals surface area contributed by atoms with Gasteiger partial charge in [-0.25, -0.2) is 0 Å². The molecule has 4 heteroatoms. The van der Waals surface area contributed by atoms with Gasteiger partial charge >= 0.3 is 5.97 Å². The third-order valence-corrected chi connectivity index (χ3v) is 3.43. The fourth-order valence-corrected chi connectivity index (χ4v) is 2.05. The second-order valence-electron chi connectivity index (χ2n) is 5.24. The van der Waals surface area contributed by atoms with Gasteiger partial charge in [0.05, 0.1) is 18.8 Å². The minimum Gasteiger partial charge on any atom is -0.468 e. The van der Waals surface area contributed by atoms with Crippen molar-refractivity contribution in [2.45, 2.75) is 63.7 Å². The Morgan fingerprint density at radius 2 is 2.19 bits per heavy atom. The zero-order chi connectivity index (χ0) is 12.4. The molecule has 16 heavy (non-hydrogen) atoms. The molecular formula is C12H23NO3. The number of rotatable bonds is 4. The van der Waals surface area contributed by atoms with Crippen molar-refractivity contribution in [3.63, 3.8) is 0 Å². The van der Waals surface area contributed by atoms with Crippen LogP contribution < -0.4 is 5.73 Å². The van der Waals surface area contributed by atoms with E-state index in [9.17, 15) is 4.79 Å². The minimum absolute atomic E-state index is 0.0686. The molecule has 0 saturated heterocycles. The van der Waals surface area contributed by atoms with E-state index in [4.69, 9.17) is 15.2 Å². The third kappa shape index (κ3) is 2.95. The van der Waals surface area contributed by atoms with Gasteiger partial charge in [0.15, 0.2) is 0 Å². The van der Waals surface area contributed by atoms with Crippen LogP contribution in [0.25, 0.3) is 0 Å². The van der Waals surface area contributed by atoms with E-state index in [1.165, 1.54) is 7.11 Å². The van der Waals surface area contributed by atoms with Crippen LogP contribution in [-0.4, -0.2) is 30.3 Å². The molecule has 1 saturated carbocycles. The summed E-state index contributed by atoms with van der Waals surface area (Å²) in [6, 6.07) is 0. The Morgan fingerprint density at radius 3 is 2.69 bits per heavy atom. The Hall–Kier alpha value is -0.610. The van der Waals surface area contributed by atoms with Crippen molar-refractivity contribution in [2.75, 3.05) is 7.11 Å². The number of ether oxygens (including phenoxy) is 2. The maximum Gasteiger partial charge on any atom is 0.325 e. The molecule has 2 N–H and O–H groups in total. The van der Waals surface area contributed by atoms with Gasteiger partial charge in [-0.3, -0.25) is 4.79 Å². The lowest BCUT2D eigenvalue weighted by Gasteiger charge is -2.28. The maximum absolute atomic E-state index is 11.5. The summed E-state index contributed by atoms with van der Waals surface area (Å²) in [4.78, 5) is 11.5. The van der Waals surface area contributed by atoms with Crippen molar-refractivity contribution in [3.8, 4) is 0 Å². The fourth-order valence-electron chi connectivity index (χ4n) is 2.05. The average Bonchev–Trinajstić information content (AvgIpc) is 2.59. The van der Waals surface area contributed by atoms with Gasteiger partial charge in [0.25, 0.3) is 0 Å². The summed E-state index contributed by atoms with van der Waals surface area (Å²) >= 11 is 0. The lowest BCUT2D eigenvalue weighted by Crippen LogP contribution is -2.47. The summed E-state index contributed by atoms with van der Waals surface area (Å²) in [5.74, 6) is -0.326. The summed E-state index contributed by atoms with van der Waals surface area (Å²) in [7, 11) is 1.38. The van der Waals surface area contributed by atoms with E-state index in [2.05, 4.69) is 20.8 Å². The van der Waals surface area contributed by atoms with Gasteiger partial charge in [0.2, 0.25) is 0 Å². The molecule has 1 aliphatic rings. The molecule has 4 nitrogen and oxygen atoms in total. The first-order chi connectivity index (χ1) is 7.33. The molecule has 0 bridgehead atoms. The lowest BCUT2D eigenvalue weighted by atomic mass is 9.99. The van der Waals surface area contributed by atoms with Crippen LogP contribution in [0.4, 0.5) is 0 Å². The van der Waals surface area contributed by atoms with E-state index < -0.39 is 5.54 Å². The van der Waals surface area contributed by atoms with Gasteiger partial charge in [0.1, 0.15) is 5.54 Å². The van der Waals surface area contributed by atoms with Gasteiger partial charge in [-0.2, -0.15) is 0 Å². The van der Waals surface area contributed by atoms with Crippen LogP contribution in [0.5, 0.6) is 0 Å². The Bertz CT molecular complexity index is 265. The van der Waals surface area contributed by atoms with Crippen molar-refractivity contribution in [3.05, 3.63) is 0 Å². The van der Waals surface area contributed by atoms with E-state index in [0.717, 1.165) is 12.8 Å². The van der Waals surface area contributed by atoms with Crippen LogP contribution in [0.3, 0.4) is 0 Å². The molecule has 2 unspecified atom stereocenters. The van der Waals surface area contributed by atoms with E-state index >= 15 is 0 Å². The second kappa shape index (κ2) is 4.72. The van der Waals surface area contributed by atoms with E-state index in [1.54, 1.807) is 0 Å². The Morgan fingerprint density at radius 1 is 1.56 bits per heavy atom. The van der Waals surface area contributed by atoms with Gasteiger partial charge in [-0.05, 0) is 33.1 Å². The molecule has 0 amide bonds. The minimum atomic E-state index is -0.844. The van der Waals surface area contributed by atoms with Gasteiger partial charge < -0.3 is 15.2 Å². The molecule has 0 aliphatic heterocycles. The van der Waals surface area contributed by atoms with E-state index in [0.29, 0.717) is 12.8 Å². The highest BCUT2D eigenvalue weighted by Crippen LogP contribution is 2.33. The number of hydrogen-bond donors (Lipinski definition) is 1. The highest BCUT2D eigenvalue weighted by Gasteiger charge is 2.44. The first kappa shape index (κ1) is 13.5. The largest absolute Gasteiger partial charge is 0.468 e. The van der Waals surface area contributed by atoms with Crippen molar-refractivity contribution < 1.29 is 14.3 Å². The predicted molar refractivity (Wildman–Crippen MR) is 62.0 cm³/mol. The third-order valence-electron chi connectivity index (χ3n) is 3.43. The van der Waals surface area contributed by atoms with Crippen molar-refractivity contribution in [1.82, 2.24) is 0 Å². The molecule has 0 aromatic rings. The first-order valence-corrected chi connectivity index (χ1v) is 5.88. The van der Waals surface area contributed by atoms with Crippen LogP contribution in [0.15, 0.2) is 0 Å². The SMILES string of the molecule is CCC(C)(C)OC1CCC(N)(C(=O)OC)C1. The quantitative estimate of drug-likeness (QED) is 0.744. The number of esters is 1. The summed E-state index contributed by atoms with van der Waals surface area (Å²) in [6.07, 6.45) is 3.04. The van der Waals surface area contributed by atoms with Crippen LogP contribution in [-0.2, 0) is 14.3 Å². The smallest absolute Gasteiger partial charge is 0.325 e. The summed E-state index contributed by atoms with van der Waals surface area (Å²) in [5, 5.41) is 0. The molecule has 0 radical (unpaired) electrons. The van der Waals surface area contributed by atoms with E-state index in [1.807, 2.05) is 0 Å². The first-order valence-electron chi connectivity index (χ1n) is 5.88. The molecule has 1 rings (SSSR count). The summed E-state index contributed by atoms with van der Waals surface area (Å²) < 4.78 is 10.7. The van der Waals surface area contributed by atoms with Crippen molar-refractivity contribution >= 4 is 5.97 Å². The highest BCUT2D eigenvalue weighted by atomic mass is 16.5. The highest BCUT2D eigenvalue weighted by molar-refractivity contribution is 5.80. The number of methoxy groups -OCH3 is 1. The number of hydrogen-bond acceptors (Lipinski definition) is 4. The molecule has 2 atom stereocenters. The zero-order valence-electron chi connectivity index (χ0n) is 10.7. The maximum atomic E-state index is 11.5. The van der Waals surface area contributed by atoms with E-state index in [-0.39, 0.29) is 17.7 Å². The van der Waals surface area contributed by atoms with Crippen LogP contribution in [0.2, 0.25) is 0 Å². The average molecular weight is 229 g/mol. The predicted octanol–water partition coefficient (Wildman–Crippen LogP) is 1.61. The van der Waals surface area contributed by atoms with Gasteiger partial charge in [0, 0.05) is 6.42 Å². The Labute approximate surface area is 97.5 Å². The lowest BCUT2D eigenvalue weighted by molar-refractivity contribution is -0.147. The molecule has 0 spiro atoms. The summed E-state index contributed by atoms with van der Waals surface area (Å²) in [5.41, 5.74) is 5.02. The zero-order valence-corrected chi connectivity index (χ0v) is 10.7. The number of carbonyl (C=O) groups is 1. The fraction of sp³-hybridized carbons (Fsp3) is 0.917.